The molecule has 0 fully saturated rings. The molecule has 3 aromatic carbocycles. The van der Waals surface area contributed by atoms with Crippen molar-refractivity contribution in [2.45, 2.75) is 39.9 Å². The van der Waals surface area contributed by atoms with Gasteiger partial charge in [0, 0.05) is 5.56 Å². The van der Waals surface area contributed by atoms with Gasteiger partial charge in [-0.1, -0.05) is 54.6 Å². The standard InChI is InChI=1S/C30H34N2O7/c1-6-37-26(33)19-32(29(35)39-30(2,3)4)31-27-23(13-10-14-25(27)28(34)36-5)20-38-24-17-15-22(16-18-24)21-11-8-7-9-12-21/h7-18,31H,6,19-20H2,1-5H3. The number of anilines is 1. The average Bonchev–Trinajstić information content (AvgIpc) is 2.91. The molecule has 0 unspecified atom stereocenters. The highest BCUT2D eigenvalue weighted by atomic mass is 16.6. The van der Waals surface area contributed by atoms with Crippen LogP contribution in [0.3, 0.4) is 0 Å². The lowest BCUT2D eigenvalue weighted by Gasteiger charge is -2.29. The van der Waals surface area contributed by atoms with E-state index in [2.05, 4.69) is 5.43 Å². The molecule has 9 nitrogen and oxygen atoms in total. The molecule has 206 valence electrons. The SMILES string of the molecule is CCOC(=O)CN(Nc1c(COc2ccc(-c3ccccc3)cc2)cccc1C(=O)OC)C(=O)OC(C)(C)C. The lowest BCUT2D eigenvalue weighted by Crippen LogP contribution is -2.44. The Bertz CT molecular complexity index is 1270. The first-order chi connectivity index (χ1) is 18.6. The van der Waals surface area contributed by atoms with Crippen LogP contribution in [0, 0.1) is 0 Å². The number of esters is 2. The summed E-state index contributed by atoms with van der Waals surface area (Å²) in [7, 11) is 1.26. The van der Waals surface area contributed by atoms with Crippen molar-refractivity contribution in [2.75, 3.05) is 25.7 Å². The largest absolute Gasteiger partial charge is 0.489 e. The van der Waals surface area contributed by atoms with Crippen molar-refractivity contribution in [1.29, 1.82) is 0 Å². The van der Waals surface area contributed by atoms with Gasteiger partial charge in [0.1, 0.15) is 24.5 Å². The summed E-state index contributed by atoms with van der Waals surface area (Å²) in [5.41, 5.74) is 5.12. The second-order valence-corrected chi connectivity index (χ2v) is 9.49. The second-order valence-electron chi connectivity index (χ2n) is 9.49. The maximum atomic E-state index is 13.0. The Morgan fingerprint density at radius 2 is 1.54 bits per heavy atom. The monoisotopic (exact) mass is 534 g/mol. The van der Waals surface area contributed by atoms with Gasteiger partial charge >= 0.3 is 18.0 Å². The Labute approximate surface area is 228 Å². The predicted molar refractivity (Wildman–Crippen MR) is 147 cm³/mol. The van der Waals surface area contributed by atoms with Gasteiger partial charge in [0.15, 0.2) is 0 Å². The molecular formula is C30H34N2O7. The van der Waals surface area contributed by atoms with Crippen LogP contribution in [0.2, 0.25) is 0 Å². The van der Waals surface area contributed by atoms with E-state index in [9.17, 15) is 14.4 Å². The molecule has 0 bridgehead atoms. The fourth-order valence-corrected chi connectivity index (χ4v) is 3.61. The van der Waals surface area contributed by atoms with Gasteiger partial charge in [0.2, 0.25) is 0 Å². The normalized spacial score (nSPS) is 10.8. The van der Waals surface area contributed by atoms with Gasteiger partial charge in [-0.2, -0.15) is 0 Å². The highest BCUT2D eigenvalue weighted by Gasteiger charge is 2.27. The molecular weight excluding hydrogens is 500 g/mol. The zero-order chi connectivity index (χ0) is 28.4. The average molecular weight is 535 g/mol. The van der Waals surface area contributed by atoms with Crippen LogP contribution in [-0.2, 0) is 25.6 Å². The molecule has 1 amide bonds. The molecule has 0 spiro atoms. The van der Waals surface area contributed by atoms with Crippen molar-refractivity contribution >= 4 is 23.7 Å². The maximum absolute atomic E-state index is 13.0. The van der Waals surface area contributed by atoms with E-state index in [0.717, 1.165) is 16.1 Å². The minimum absolute atomic E-state index is 0.0550. The van der Waals surface area contributed by atoms with Crippen molar-refractivity contribution < 1.29 is 33.3 Å². The molecule has 0 radical (unpaired) electrons. The lowest BCUT2D eigenvalue weighted by atomic mass is 10.1. The number of rotatable bonds is 10. The molecule has 1 N–H and O–H groups in total. The first-order valence-corrected chi connectivity index (χ1v) is 12.5. The fourth-order valence-electron chi connectivity index (χ4n) is 3.61. The minimum Gasteiger partial charge on any atom is -0.489 e. The van der Waals surface area contributed by atoms with E-state index in [1.54, 1.807) is 45.9 Å². The number of ether oxygens (including phenoxy) is 4. The fraction of sp³-hybridized carbons (Fsp3) is 0.300. The van der Waals surface area contributed by atoms with Crippen molar-refractivity contribution in [3.05, 3.63) is 83.9 Å². The molecule has 0 aliphatic heterocycles. The third-order valence-corrected chi connectivity index (χ3v) is 5.37. The molecule has 0 aromatic heterocycles. The topological polar surface area (TPSA) is 103 Å². The van der Waals surface area contributed by atoms with Gasteiger partial charge in [-0.05, 0) is 57.0 Å². The van der Waals surface area contributed by atoms with E-state index >= 15 is 0 Å². The maximum Gasteiger partial charge on any atom is 0.429 e. The molecule has 3 aromatic rings. The van der Waals surface area contributed by atoms with Crippen molar-refractivity contribution in [3.63, 3.8) is 0 Å². The number of benzene rings is 3. The quantitative estimate of drug-likeness (QED) is 0.196. The number of hydrazine groups is 1. The van der Waals surface area contributed by atoms with Gasteiger partial charge in [0.05, 0.1) is 25.0 Å². The number of para-hydroxylation sites is 1. The van der Waals surface area contributed by atoms with E-state index in [-0.39, 0.29) is 24.5 Å². The molecule has 0 aliphatic rings. The van der Waals surface area contributed by atoms with Crippen LogP contribution >= 0.6 is 0 Å². The van der Waals surface area contributed by atoms with E-state index < -0.39 is 30.2 Å². The first kappa shape index (κ1) is 29.0. The number of hydrogen-bond acceptors (Lipinski definition) is 8. The zero-order valence-electron chi connectivity index (χ0n) is 22.9. The van der Waals surface area contributed by atoms with Crippen LogP contribution in [-0.4, -0.2) is 48.9 Å². The van der Waals surface area contributed by atoms with Crippen molar-refractivity contribution in [3.8, 4) is 16.9 Å². The Balaban J connectivity index is 1.88. The van der Waals surface area contributed by atoms with E-state index in [1.165, 1.54) is 7.11 Å². The number of carbonyl (C=O) groups excluding carboxylic acids is 3. The summed E-state index contributed by atoms with van der Waals surface area (Å²) in [6.07, 6.45) is -0.821. The van der Waals surface area contributed by atoms with Gasteiger partial charge in [0.25, 0.3) is 0 Å². The number of carbonyl (C=O) groups is 3. The van der Waals surface area contributed by atoms with Crippen LogP contribution in [0.1, 0.15) is 43.6 Å². The third-order valence-electron chi connectivity index (χ3n) is 5.37. The van der Waals surface area contributed by atoms with E-state index in [4.69, 9.17) is 18.9 Å². The summed E-state index contributed by atoms with van der Waals surface area (Å²) >= 11 is 0. The Morgan fingerprint density at radius 3 is 2.15 bits per heavy atom. The minimum atomic E-state index is -0.828. The summed E-state index contributed by atoms with van der Waals surface area (Å²) in [6.45, 7) is 6.52. The predicted octanol–water partition coefficient (Wildman–Crippen LogP) is 5.85. The van der Waals surface area contributed by atoms with E-state index in [1.807, 2.05) is 54.6 Å². The van der Waals surface area contributed by atoms with Crippen LogP contribution in [0.5, 0.6) is 5.75 Å². The molecule has 0 saturated heterocycles. The number of nitrogens with one attached hydrogen (secondary N) is 1. The van der Waals surface area contributed by atoms with Gasteiger partial charge < -0.3 is 18.9 Å². The van der Waals surface area contributed by atoms with E-state index in [0.29, 0.717) is 11.3 Å². The van der Waals surface area contributed by atoms with Gasteiger partial charge in [-0.3, -0.25) is 10.2 Å². The zero-order valence-corrected chi connectivity index (χ0v) is 22.9. The Hall–Kier alpha value is -4.53. The van der Waals surface area contributed by atoms with Crippen LogP contribution in [0.15, 0.2) is 72.8 Å². The number of nitrogens with zero attached hydrogens (tertiary/aromatic N) is 1. The van der Waals surface area contributed by atoms with Crippen LogP contribution < -0.4 is 10.2 Å². The van der Waals surface area contributed by atoms with Gasteiger partial charge in [-0.25, -0.2) is 14.6 Å². The molecule has 3 rings (SSSR count). The Morgan fingerprint density at radius 1 is 0.872 bits per heavy atom. The highest BCUT2D eigenvalue weighted by molar-refractivity contribution is 5.97. The summed E-state index contributed by atoms with van der Waals surface area (Å²) < 4.78 is 21.4. The summed E-state index contributed by atoms with van der Waals surface area (Å²) in [5, 5.41) is 0.961. The number of amides is 1. The highest BCUT2D eigenvalue weighted by Crippen LogP contribution is 2.27. The number of methoxy groups -OCH3 is 1. The molecule has 0 heterocycles. The molecule has 39 heavy (non-hydrogen) atoms. The van der Waals surface area contributed by atoms with Crippen LogP contribution in [0.4, 0.5) is 10.5 Å². The van der Waals surface area contributed by atoms with Crippen LogP contribution in [0.25, 0.3) is 11.1 Å². The Kier molecular flexibility index (Phi) is 9.92. The molecule has 0 saturated carbocycles. The third kappa shape index (κ3) is 8.49. The smallest absolute Gasteiger partial charge is 0.429 e. The lowest BCUT2D eigenvalue weighted by molar-refractivity contribution is -0.144. The number of hydrogen-bond donors (Lipinski definition) is 1. The van der Waals surface area contributed by atoms with Gasteiger partial charge in [-0.15, -0.1) is 0 Å². The molecule has 0 atom stereocenters. The summed E-state index contributed by atoms with van der Waals surface area (Å²) in [4.78, 5) is 37.9. The summed E-state index contributed by atoms with van der Waals surface area (Å²) in [5.74, 6) is -0.672. The van der Waals surface area contributed by atoms with Crippen molar-refractivity contribution in [1.82, 2.24) is 5.01 Å². The second kappa shape index (κ2) is 13.3. The first-order valence-electron chi connectivity index (χ1n) is 12.5. The molecule has 0 aliphatic carbocycles. The summed E-state index contributed by atoms with van der Waals surface area (Å²) in [6, 6.07) is 22.6. The van der Waals surface area contributed by atoms with Crippen molar-refractivity contribution in [2.24, 2.45) is 0 Å². The molecule has 9 heteroatoms.